The fraction of sp³-hybridized carbons (Fsp3) is 0.474. The third-order valence-corrected chi connectivity index (χ3v) is 4.92. The molecule has 0 unspecified atom stereocenters. The molecule has 1 aromatic heterocycles. The molecule has 0 aliphatic rings. The Morgan fingerprint density at radius 3 is 2.57 bits per heavy atom. The van der Waals surface area contributed by atoms with Gasteiger partial charge in [-0.25, -0.2) is 4.98 Å². The fourth-order valence-corrected chi connectivity index (χ4v) is 3.15. The van der Waals surface area contributed by atoms with E-state index >= 15 is 0 Å². The van der Waals surface area contributed by atoms with Crippen molar-refractivity contribution in [2.45, 2.75) is 32.4 Å². The molecule has 0 radical (unpaired) electrons. The number of benzene rings is 1. The van der Waals surface area contributed by atoms with Gasteiger partial charge in [0.1, 0.15) is 5.76 Å². The van der Waals surface area contributed by atoms with Crippen LogP contribution in [-0.4, -0.2) is 40.8 Å². The number of nitrogens with zero attached hydrogens (tertiary/aromatic N) is 1. The van der Waals surface area contributed by atoms with Gasteiger partial charge in [-0.3, -0.25) is 4.79 Å². The van der Waals surface area contributed by atoms with Crippen molar-refractivity contribution in [3.63, 3.8) is 0 Å². The Balaban J connectivity index is 1.74. The number of hydrogen-bond donors (Lipinski definition) is 1. The zero-order valence-corrected chi connectivity index (χ0v) is 16.2. The number of carboxylic acids is 1. The van der Waals surface area contributed by atoms with Crippen LogP contribution in [0.3, 0.4) is 0 Å². The van der Waals surface area contributed by atoms with Crippen molar-refractivity contribution in [2.75, 3.05) is 24.7 Å². The van der Waals surface area contributed by atoms with Gasteiger partial charge in [0.25, 0.3) is 0 Å². The van der Waals surface area contributed by atoms with Crippen LogP contribution in [0.1, 0.15) is 29.9 Å². The summed E-state index contributed by atoms with van der Waals surface area (Å²) in [5.41, 5.74) is 0.489. The van der Waals surface area contributed by atoms with E-state index in [1.807, 2.05) is 0 Å². The molecule has 2 aromatic rings. The van der Waals surface area contributed by atoms with Crippen LogP contribution in [-0.2, 0) is 22.1 Å². The van der Waals surface area contributed by atoms with Crippen molar-refractivity contribution in [3.05, 3.63) is 41.3 Å². The van der Waals surface area contributed by atoms with Crippen molar-refractivity contribution < 1.29 is 32.2 Å². The third kappa shape index (κ3) is 7.20. The molecule has 0 amide bonds. The standard InChI is InChI=1S/C19H22F3NO4S/c1-13-16(8-10-26-9-2-3-11-28-12-17(24)25)23-18(27-13)14-4-6-15(7-5-14)19(20,21)22/h4-7H,2-3,8-12H2,1H3,(H,24,25). The topological polar surface area (TPSA) is 72.6 Å². The predicted octanol–water partition coefficient (Wildman–Crippen LogP) is 4.83. The molecule has 0 saturated carbocycles. The normalized spacial score (nSPS) is 11.7. The molecule has 28 heavy (non-hydrogen) atoms. The van der Waals surface area contributed by atoms with Gasteiger partial charge in [0.15, 0.2) is 0 Å². The molecule has 1 heterocycles. The first-order valence-electron chi connectivity index (χ1n) is 8.78. The van der Waals surface area contributed by atoms with Crippen molar-refractivity contribution >= 4 is 17.7 Å². The van der Waals surface area contributed by atoms with Gasteiger partial charge in [0.2, 0.25) is 5.89 Å². The Kier molecular flexibility index (Phi) is 8.37. The zero-order valence-electron chi connectivity index (χ0n) is 15.4. The number of carbonyl (C=O) groups is 1. The maximum Gasteiger partial charge on any atom is 0.416 e. The molecule has 5 nitrogen and oxygen atoms in total. The quantitative estimate of drug-likeness (QED) is 0.528. The number of rotatable bonds is 11. The molecule has 0 aliphatic carbocycles. The third-order valence-electron chi connectivity index (χ3n) is 3.89. The van der Waals surface area contributed by atoms with Crippen molar-refractivity contribution in [3.8, 4) is 11.5 Å². The first-order valence-corrected chi connectivity index (χ1v) is 9.94. The van der Waals surface area contributed by atoms with Crippen LogP contribution in [0.25, 0.3) is 11.5 Å². The Morgan fingerprint density at radius 1 is 1.21 bits per heavy atom. The summed E-state index contributed by atoms with van der Waals surface area (Å²) < 4.78 is 49.0. The number of ether oxygens (including phenoxy) is 1. The zero-order chi connectivity index (χ0) is 20.6. The molecular weight excluding hydrogens is 395 g/mol. The van der Waals surface area contributed by atoms with Crippen LogP contribution in [0.2, 0.25) is 0 Å². The van der Waals surface area contributed by atoms with E-state index in [1.165, 1.54) is 23.9 Å². The van der Waals surface area contributed by atoms with Crippen LogP contribution < -0.4 is 0 Å². The number of aliphatic carboxylic acids is 1. The van der Waals surface area contributed by atoms with Crippen molar-refractivity contribution in [2.24, 2.45) is 0 Å². The molecule has 1 N–H and O–H groups in total. The Bertz CT molecular complexity index is 760. The van der Waals surface area contributed by atoms with Gasteiger partial charge in [-0.05, 0) is 49.8 Å². The second-order valence-electron chi connectivity index (χ2n) is 6.11. The van der Waals surface area contributed by atoms with E-state index in [4.69, 9.17) is 14.3 Å². The molecule has 0 fully saturated rings. The summed E-state index contributed by atoms with van der Waals surface area (Å²) in [5.74, 6) is 1.00. The van der Waals surface area contributed by atoms with Gasteiger partial charge in [-0.15, -0.1) is 0 Å². The number of halogens is 3. The Labute approximate surface area is 165 Å². The summed E-state index contributed by atoms with van der Waals surface area (Å²) >= 11 is 1.39. The van der Waals surface area contributed by atoms with Crippen molar-refractivity contribution in [1.82, 2.24) is 4.98 Å². The largest absolute Gasteiger partial charge is 0.481 e. The number of oxazole rings is 1. The highest BCUT2D eigenvalue weighted by Crippen LogP contribution is 2.31. The lowest BCUT2D eigenvalue weighted by atomic mass is 10.1. The number of alkyl halides is 3. The van der Waals surface area contributed by atoms with Crippen LogP contribution in [0.5, 0.6) is 0 Å². The SMILES string of the molecule is Cc1oc(-c2ccc(C(F)(F)F)cc2)nc1CCOCCCCSCC(=O)O. The van der Waals surface area contributed by atoms with Gasteiger partial charge in [0, 0.05) is 18.6 Å². The molecule has 9 heteroatoms. The Morgan fingerprint density at radius 2 is 1.93 bits per heavy atom. The van der Waals surface area contributed by atoms with Gasteiger partial charge >= 0.3 is 12.1 Å². The second kappa shape index (κ2) is 10.5. The lowest BCUT2D eigenvalue weighted by molar-refractivity contribution is -0.137. The first kappa shape index (κ1) is 22.3. The summed E-state index contributed by atoms with van der Waals surface area (Å²) in [7, 11) is 0. The van der Waals surface area contributed by atoms with Crippen LogP contribution >= 0.6 is 11.8 Å². The minimum absolute atomic E-state index is 0.119. The highest BCUT2D eigenvalue weighted by molar-refractivity contribution is 7.99. The summed E-state index contributed by atoms with van der Waals surface area (Å²) in [6.45, 7) is 2.80. The lowest BCUT2D eigenvalue weighted by Gasteiger charge is -2.06. The first-order chi connectivity index (χ1) is 13.3. The van der Waals surface area contributed by atoms with Gasteiger partial charge in [0.05, 0.1) is 23.6 Å². The van der Waals surface area contributed by atoms with E-state index in [0.717, 1.165) is 30.7 Å². The summed E-state index contributed by atoms with van der Waals surface area (Å²) in [6, 6.07) is 4.70. The average Bonchev–Trinajstić information content (AvgIpc) is 3.00. The molecule has 0 bridgehead atoms. The molecule has 154 valence electrons. The molecule has 0 saturated heterocycles. The van der Waals surface area contributed by atoms with E-state index in [1.54, 1.807) is 6.92 Å². The number of hydrogen-bond acceptors (Lipinski definition) is 5. The molecule has 0 atom stereocenters. The van der Waals surface area contributed by atoms with Gasteiger partial charge in [-0.2, -0.15) is 24.9 Å². The predicted molar refractivity (Wildman–Crippen MR) is 100 cm³/mol. The maximum absolute atomic E-state index is 12.6. The molecule has 2 rings (SSSR count). The average molecular weight is 417 g/mol. The monoisotopic (exact) mass is 417 g/mol. The van der Waals surface area contributed by atoms with Crippen LogP contribution in [0, 0.1) is 6.92 Å². The minimum atomic E-state index is -4.37. The number of thioether (sulfide) groups is 1. The van der Waals surface area contributed by atoms with Crippen LogP contribution in [0.4, 0.5) is 13.2 Å². The molecule has 0 aliphatic heterocycles. The smallest absolute Gasteiger partial charge is 0.416 e. The maximum atomic E-state index is 12.6. The number of aromatic nitrogens is 1. The minimum Gasteiger partial charge on any atom is -0.481 e. The molecule has 1 aromatic carbocycles. The number of aryl methyl sites for hydroxylation is 1. The van der Waals surface area contributed by atoms with Crippen molar-refractivity contribution in [1.29, 1.82) is 0 Å². The van der Waals surface area contributed by atoms with E-state index in [2.05, 4.69) is 4.98 Å². The van der Waals surface area contributed by atoms with E-state index < -0.39 is 17.7 Å². The lowest BCUT2D eigenvalue weighted by Crippen LogP contribution is -2.04. The van der Waals surface area contributed by atoms with E-state index in [0.29, 0.717) is 36.7 Å². The fourth-order valence-electron chi connectivity index (χ4n) is 2.42. The highest BCUT2D eigenvalue weighted by Gasteiger charge is 2.30. The Hall–Kier alpha value is -2.00. The van der Waals surface area contributed by atoms with Gasteiger partial charge < -0.3 is 14.3 Å². The van der Waals surface area contributed by atoms with Gasteiger partial charge in [-0.1, -0.05) is 0 Å². The second-order valence-corrected chi connectivity index (χ2v) is 7.22. The summed E-state index contributed by atoms with van der Waals surface area (Å²) in [4.78, 5) is 14.7. The number of unbranched alkanes of at least 4 members (excludes halogenated alkanes) is 1. The summed E-state index contributed by atoms with van der Waals surface area (Å²) in [6.07, 6.45) is -2.09. The number of carboxylic acid groups (broad SMARTS) is 1. The van der Waals surface area contributed by atoms with Crippen LogP contribution in [0.15, 0.2) is 28.7 Å². The molecule has 0 spiro atoms. The molecular formula is C19H22F3NO4S. The highest BCUT2D eigenvalue weighted by atomic mass is 32.2. The summed E-state index contributed by atoms with van der Waals surface area (Å²) in [5, 5.41) is 8.53. The van der Waals surface area contributed by atoms with E-state index in [-0.39, 0.29) is 11.6 Å². The van der Waals surface area contributed by atoms with E-state index in [9.17, 15) is 18.0 Å².